The zero-order valence-corrected chi connectivity index (χ0v) is 19.9. The normalized spacial score (nSPS) is 9.22. The minimum Gasteiger partial charge on any atom is -0.394 e. The second-order valence-electron chi connectivity index (χ2n) is 6.59. The van der Waals surface area contributed by atoms with Gasteiger partial charge in [-0.25, -0.2) is 4.98 Å². The third kappa shape index (κ3) is 12.4. The van der Waals surface area contributed by atoms with Crippen molar-refractivity contribution in [3.05, 3.63) is 89.0 Å². The van der Waals surface area contributed by atoms with Crippen LogP contribution in [0.3, 0.4) is 0 Å². The summed E-state index contributed by atoms with van der Waals surface area (Å²) in [7, 11) is 0. The minimum atomic E-state index is -0.167. The molecule has 2 aromatic carbocycles. The number of rotatable bonds is 6. The van der Waals surface area contributed by atoms with Gasteiger partial charge in [0, 0.05) is 37.2 Å². The lowest BCUT2D eigenvalue weighted by atomic mass is 10.1. The summed E-state index contributed by atoms with van der Waals surface area (Å²) in [6, 6.07) is 23.2. The summed E-state index contributed by atoms with van der Waals surface area (Å²) in [5.41, 5.74) is 1.52. The molecular weight excluding hydrogens is 402 g/mol. The summed E-state index contributed by atoms with van der Waals surface area (Å²) in [6.45, 7) is 10.3. The monoisotopic (exact) mass is 439 g/mol. The van der Waals surface area contributed by atoms with Gasteiger partial charge in [0.05, 0.1) is 5.69 Å². The molecule has 0 radical (unpaired) electrons. The number of hydrogen-bond donors (Lipinski definition) is 2. The number of benzene rings is 2. The number of aliphatic hydroxyl groups excluding tert-OH is 1. The van der Waals surface area contributed by atoms with Crippen molar-refractivity contribution in [3.8, 4) is 11.3 Å². The van der Waals surface area contributed by atoms with E-state index >= 15 is 0 Å². The molecule has 0 saturated carbocycles. The standard InChI is InChI=1S/C15H17N3O2.C6H6.C3H8O.C2H6/c1-2-14-17-13(12-6-4-3-5-7-12)10-15(20)18(14)9-8-16-11-19;1-2-4-6-5-3-1;1-3(2)4;1-2/h3-7,10-11H,2,8-9H2,1H3,(H,16,19);1-6H;3-4H,1-2H3;1-2H3. The Labute approximate surface area is 192 Å². The highest BCUT2D eigenvalue weighted by Gasteiger charge is 2.08. The lowest BCUT2D eigenvalue weighted by molar-refractivity contribution is -0.109. The zero-order valence-electron chi connectivity index (χ0n) is 19.9. The number of hydrogen-bond acceptors (Lipinski definition) is 4. The first-order valence-electron chi connectivity index (χ1n) is 11.0. The molecule has 2 N–H and O–H groups in total. The molecule has 0 atom stereocenters. The van der Waals surface area contributed by atoms with Crippen LogP contribution in [-0.4, -0.2) is 33.7 Å². The van der Waals surface area contributed by atoms with Crippen LogP contribution in [0.5, 0.6) is 0 Å². The Bertz CT molecular complexity index is 866. The fraction of sp³-hybridized carbons (Fsp3) is 0.346. The van der Waals surface area contributed by atoms with E-state index in [2.05, 4.69) is 10.3 Å². The zero-order chi connectivity index (χ0) is 24.2. The molecule has 174 valence electrons. The van der Waals surface area contributed by atoms with Gasteiger partial charge in [-0.1, -0.05) is 87.5 Å². The van der Waals surface area contributed by atoms with Crippen LogP contribution in [0.4, 0.5) is 0 Å². The van der Waals surface area contributed by atoms with Gasteiger partial charge >= 0.3 is 0 Å². The van der Waals surface area contributed by atoms with E-state index in [4.69, 9.17) is 5.11 Å². The van der Waals surface area contributed by atoms with Gasteiger partial charge in [0.15, 0.2) is 0 Å². The molecule has 0 saturated heterocycles. The maximum atomic E-state index is 12.2. The Morgan fingerprint density at radius 1 is 1.00 bits per heavy atom. The molecule has 1 amide bonds. The highest BCUT2D eigenvalue weighted by molar-refractivity contribution is 5.58. The highest BCUT2D eigenvalue weighted by atomic mass is 16.3. The van der Waals surface area contributed by atoms with Crippen LogP contribution in [0.15, 0.2) is 77.6 Å². The van der Waals surface area contributed by atoms with Crippen LogP contribution in [0.1, 0.15) is 40.4 Å². The minimum absolute atomic E-state index is 0.0941. The third-order valence-electron chi connectivity index (χ3n) is 3.70. The van der Waals surface area contributed by atoms with Crippen molar-refractivity contribution in [2.24, 2.45) is 0 Å². The molecule has 6 nitrogen and oxygen atoms in total. The fourth-order valence-electron chi connectivity index (χ4n) is 2.44. The van der Waals surface area contributed by atoms with Gasteiger partial charge in [-0.05, 0) is 13.8 Å². The summed E-state index contributed by atoms with van der Waals surface area (Å²) in [6.07, 6.45) is 1.12. The van der Waals surface area contributed by atoms with Crippen molar-refractivity contribution in [2.45, 2.75) is 53.7 Å². The molecule has 0 aliphatic rings. The third-order valence-corrected chi connectivity index (χ3v) is 3.70. The van der Waals surface area contributed by atoms with Gasteiger partial charge in [-0.2, -0.15) is 0 Å². The molecular formula is C26H37N3O3. The van der Waals surface area contributed by atoms with E-state index in [-0.39, 0.29) is 11.7 Å². The van der Waals surface area contributed by atoms with Crippen molar-refractivity contribution in [3.63, 3.8) is 0 Å². The topological polar surface area (TPSA) is 84.2 Å². The molecule has 1 aromatic heterocycles. The van der Waals surface area contributed by atoms with Crippen LogP contribution in [0, 0.1) is 0 Å². The number of aliphatic hydroxyl groups is 1. The maximum absolute atomic E-state index is 12.2. The van der Waals surface area contributed by atoms with E-state index in [9.17, 15) is 9.59 Å². The first kappa shape index (κ1) is 28.8. The number of carbonyl (C=O) groups excluding carboxylic acids is 1. The van der Waals surface area contributed by atoms with E-state index in [0.717, 1.165) is 11.4 Å². The average Bonchev–Trinajstić information content (AvgIpc) is 2.83. The van der Waals surface area contributed by atoms with E-state index in [0.29, 0.717) is 31.6 Å². The van der Waals surface area contributed by atoms with Crippen LogP contribution in [-0.2, 0) is 17.8 Å². The SMILES string of the molecule is CC.CC(C)O.CCc1nc(-c2ccccc2)cc(=O)n1CCNC=O.c1ccccc1. The summed E-state index contributed by atoms with van der Waals surface area (Å²) < 4.78 is 1.60. The van der Waals surface area contributed by atoms with E-state index in [1.165, 1.54) is 6.07 Å². The average molecular weight is 440 g/mol. The first-order chi connectivity index (χ1) is 15.5. The molecule has 6 heteroatoms. The Hall–Kier alpha value is -3.25. The number of nitrogens with one attached hydrogen (secondary N) is 1. The largest absolute Gasteiger partial charge is 0.394 e. The molecule has 3 rings (SSSR count). The van der Waals surface area contributed by atoms with E-state index in [1.54, 1.807) is 18.4 Å². The van der Waals surface area contributed by atoms with Gasteiger partial charge in [-0.3, -0.25) is 14.2 Å². The maximum Gasteiger partial charge on any atom is 0.254 e. The lowest BCUT2D eigenvalue weighted by Gasteiger charge is -2.12. The smallest absolute Gasteiger partial charge is 0.254 e. The van der Waals surface area contributed by atoms with Gasteiger partial charge in [0.1, 0.15) is 5.82 Å². The number of carbonyl (C=O) groups is 1. The summed E-state index contributed by atoms with van der Waals surface area (Å²) >= 11 is 0. The second-order valence-corrected chi connectivity index (χ2v) is 6.59. The predicted molar refractivity (Wildman–Crippen MR) is 133 cm³/mol. The summed E-state index contributed by atoms with van der Waals surface area (Å²) in [5.74, 6) is 0.726. The Kier molecular flexibility index (Phi) is 16.6. The van der Waals surface area contributed by atoms with Gasteiger partial charge in [0.25, 0.3) is 5.56 Å². The Morgan fingerprint density at radius 2 is 1.47 bits per heavy atom. The van der Waals surface area contributed by atoms with Crippen molar-refractivity contribution in [1.29, 1.82) is 0 Å². The summed E-state index contributed by atoms with van der Waals surface area (Å²) in [5, 5.41) is 10.6. The molecule has 32 heavy (non-hydrogen) atoms. The van der Waals surface area contributed by atoms with Crippen molar-refractivity contribution in [2.75, 3.05) is 6.54 Å². The number of aromatic nitrogens is 2. The van der Waals surface area contributed by atoms with Crippen molar-refractivity contribution in [1.82, 2.24) is 14.9 Å². The van der Waals surface area contributed by atoms with Crippen LogP contribution < -0.4 is 10.9 Å². The first-order valence-corrected chi connectivity index (χ1v) is 11.0. The molecule has 0 bridgehead atoms. The number of amides is 1. The number of aryl methyl sites for hydroxylation is 1. The lowest BCUT2D eigenvalue weighted by Crippen LogP contribution is -2.29. The van der Waals surface area contributed by atoms with Crippen LogP contribution >= 0.6 is 0 Å². The van der Waals surface area contributed by atoms with Crippen LogP contribution in [0.25, 0.3) is 11.3 Å². The second kappa shape index (κ2) is 18.5. The fourth-order valence-corrected chi connectivity index (χ4v) is 2.44. The van der Waals surface area contributed by atoms with Gasteiger partial charge < -0.3 is 10.4 Å². The van der Waals surface area contributed by atoms with Crippen LogP contribution in [0.2, 0.25) is 0 Å². The molecule has 1 heterocycles. The quantitative estimate of drug-likeness (QED) is 0.443. The molecule has 0 aliphatic heterocycles. The summed E-state index contributed by atoms with van der Waals surface area (Å²) in [4.78, 5) is 27.0. The van der Waals surface area contributed by atoms with Gasteiger partial charge in [0.2, 0.25) is 6.41 Å². The molecule has 0 aliphatic carbocycles. The highest BCUT2D eigenvalue weighted by Crippen LogP contribution is 2.15. The molecule has 0 spiro atoms. The van der Waals surface area contributed by atoms with Crippen molar-refractivity contribution < 1.29 is 9.90 Å². The predicted octanol–water partition coefficient (Wildman–Crippen LogP) is 4.32. The Morgan fingerprint density at radius 3 is 1.91 bits per heavy atom. The van der Waals surface area contributed by atoms with E-state index < -0.39 is 0 Å². The van der Waals surface area contributed by atoms with Gasteiger partial charge in [-0.15, -0.1) is 0 Å². The Balaban J connectivity index is 0.000000658. The molecule has 0 unspecified atom stereocenters. The van der Waals surface area contributed by atoms with Crippen molar-refractivity contribution >= 4 is 6.41 Å². The van der Waals surface area contributed by atoms with E-state index in [1.807, 2.05) is 87.5 Å². The number of nitrogens with zero attached hydrogens (tertiary/aromatic N) is 2. The molecule has 3 aromatic rings. The molecule has 0 fully saturated rings.